The van der Waals surface area contributed by atoms with E-state index in [0.29, 0.717) is 23.4 Å². The first-order valence-electron chi connectivity index (χ1n) is 7.05. The van der Waals surface area contributed by atoms with E-state index in [0.717, 1.165) is 28.5 Å². The molecule has 0 atom stereocenters. The van der Waals surface area contributed by atoms with Crippen molar-refractivity contribution in [3.05, 3.63) is 64.5 Å². The first-order chi connectivity index (χ1) is 10.7. The summed E-state index contributed by atoms with van der Waals surface area (Å²) in [5.74, 6) is 0. The van der Waals surface area contributed by atoms with Gasteiger partial charge >= 0.3 is 0 Å². The molecule has 1 aromatic carbocycles. The summed E-state index contributed by atoms with van der Waals surface area (Å²) < 4.78 is 1.83. The number of hydrogen-bond acceptors (Lipinski definition) is 3. The van der Waals surface area contributed by atoms with E-state index in [2.05, 4.69) is 11.1 Å². The SMILES string of the molecule is Cc1cc(C)c2c(C#N)c(C=O)n(Cc3ccccc3)c2n1. The van der Waals surface area contributed by atoms with Crippen LogP contribution in [0.2, 0.25) is 0 Å². The number of fused-ring (bicyclic) bond motifs is 1. The highest BCUT2D eigenvalue weighted by Crippen LogP contribution is 2.28. The number of aryl methyl sites for hydroxylation is 2. The second-order valence-electron chi connectivity index (χ2n) is 5.34. The summed E-state index contributed by atoms with van der Waals surface area (Å²) in [6.07, 6.45) is 0.748. The van der Waals surface area contributed by atoms with Gasteiger partial charge in [0, 0.05) is 17.6 Å². The molecular weight excluding hydrogens is 274 g/mol. The molecule has 0 amide bonds. The number of carbonyl (C=O) groups excluding carboxylic acids is 1. The van der Waals surface area contributed by atoms with Gasteiger partial charge in [-0.1, -0.05) is 30.3 Å². The number of pyridine rings is 1. The number of aromatic nitrogens is 2. The number of aldehydes is 1. The predicted octanol–water partition coefficient (Wildman–Crippen LogP) is 3.39. The number of nitriles is 1. The fourth-order valence-corrected chi connectivity index (χ4v) is 2.86. The van der Waals surface area contributed by atoms with E-state index in [-0.39, 0.29) is 0 Å². The summed E-state index contributed by atoms with van der Waals surface area (Å²) >= 11 is 0. The van der Waals surface area contributed by atoms with Crippen LogP contribution < -0.4 is 0 Å². The van der Waals surface area contributed by atoms with Crippen molar-refractivity contribution >= 4 is 17.3 Å². The van der Waals surface area contributed by atoms with Gasteiger partial charge in [-0.3, -0.25) is 4.79 Å². The summed E-state index contributed by atoms with van der Waals surface area (Å²) in [6, 6.07) is 13.9. The summed E-state index contributed by atoms with van der Waals surface area (Å²) in [6.45, 7) is 4.38. The van der Waals surface area contributed by atoms with Crippen LogP contribution in [-0.2, 0) is 6.54 Å². The maximum absolute atomic E-state index is 11.6. The van der Waals surface area contributed by atoms with Crippen LogP contribution >= 0.6 is 0 Å². The lowest BCUT2D eigenvalue weighted by molar-refractivity contribution is 0.111. The van der Waals surface area contributed by atoms with Gasteiger partial charge in [-0.05, 0) is 31.0 Å². The first-order valence-corrected chi connectivity index (χ1v) is 7.05. The Morgan fingerprint density at radius 2 is 2.00 bits per heavy atom. The highest BCUT2D eigenvalue weighted by atomic mass is 16.1. The number of carbonyl (C=O) groups is 1. The Morgan fingerprint density at radius 1 is 1.27 bits per heavy atom. The maximum atomic E-state index is 11.6. The topological polar surface area (TPSA) is 58.7 Å². The standard InChI is InChI=1S/C18H15N3O/c1-12-8-13(2)20-18-17(12)15(9-19)16(11-22)21(18)10-14-6-4-3-5-7-14/h3-8,11H,10H2,1-2H3. The van der Waals surface area contributed by atoms with Crippen LogP contribution in [0.5, 0.6) is 0 Å². The summed E-state index contributed by atoms with van der Waals surface area (Å²) in [5.41, 5.74) is 4.40. The lowest BCUT2D eigenvalue weighted by atomic mass is 10.1. The molecule has 3 aromatic rings. The molecule has 2 aromatic heterocycles. The van der Waals surface area contributed by atoms with Gasteiger partial charge < -0.3 is 4.57 Å². The molecule has 0 aliphatic carbocycles. The van der Waals surface area contributed by atoms with Crippen LogP contribution in [0.4, 0.5) is 0 Å². The molecule has 0 N–H and O–H groups in total. The molecule has 0 aliphatic heterocycles. The van der Waals surface area contributed by atoms with Gasteiger partial charge in [0.25, 0.3) is 0 Å². The van der Waals surface area contributed by atoms with Crippen molar-refractivity contribution in [2.24, 2.45) is 0 Å². The Morgan fingerprint density at radius 3 is 2.64 bits per heavy atom. The highest BCUT2D eigenvalue weighted by Gasteiger charge is 2.19. The molecule has 2 heterocycles. The normalized spacial score (nSPS) is 10.6. The van der Waals surface area contributed by atoms with Crippen LogP contribution in [0.3, 0.4) is 0 Å². The third kappa shape index (κ3) is 2.17. The van der Waals surface area contributed by atoms with E-state index >= 15 is 0 Å². The summed E-state index contributed by atoms with van der Waals surface area (Å²) in [7, 11) is 0. The van der Waals surface area contributed by atoms with E-state index in [9.17, 15) is 10.1 Å². The lowest BCUT2D eigenvalue weighted by Gasteiger charge is -2.08. The van der Waals surface area contributed by atoms with Gasteiger partial charge in [-0.15, -0.1) is 0 Å². The predicted molar refractivity (Wildman–Crippen MR) is 84.9 cm³/mol. The van der Waals surface area contributed by atoms with Gasteiger partial charge in [0.15, 0.2) is 6.29 Å². The monoisotopic (exact) mass is 289 g/mol. The van der Waals surface area contributed by atoms with Crippen molar-refractivity contribution < 1.29 is 4.79 Å². The number of rotatable bonds is 3. The summed E-state index contributed by atoms with van der Waals surface area (Å²) in [5, 5.41) is 10.2. The van der Waals surface area contributed by atoms with Gasteiger partial charge in [0.05, 0.1) is 5.56 Å². The summed E-state index contributed by atoms with van der Waals surface area (Å²) in [4.78, 5) is 16.1. The van der Waals surface area contributed by atoms with Crippen molar-refractivity contribution in [3.63, 3.8) is 0 Å². The molecule has 0 unspecified atom stereocenters. The Kier molecular flexibility index (Phi) is 3.48. The third-order valence-corrected chi connectivity index (χ3v) is 3.79. The molecular formula is C18H15N3O. The smallest absolute Gasteiger partial charge is 0.167 e. The molecule has 0 fully saturated rings. The molecule has 0 radical (unpaired) electrons. The second-order valence-corrected chi connectivity index (χ2v) is 5.34. The van der Waals surface area contributed by atoms with Gasteiger partial charge in [-0.25, -0.2) is 4.98 Å². The molecule has 0 saturated heterocycles. The fourth-order valence-electron chi connectivity index (χ4n) is 2.86. The van der Waals surface area contributed by atoms with Crippen molar-refractivity contribution in [2.75, 3.05) is 0 Å². The van der Waals surface area contributed by atoms with Crippen LogP contribution in [0.15, 0.2) is 36.4 Å². The zero-order chi connectivity index (χ0) is 15.7. The quantitative estimate of drug-likeness (QED) is 0.694. The van der Waals surface area contributed by atoms with E-state index in [1.165, 1.54) is 0 Å². The molecule has 3 rings (SSSR count). The first kappa shape index (κ1) is 14.0. The third-order valence-electron chi connectivity index (χ3n) is 3.79. The second kappa shape index (κ2) is 5.45. The van der Waals surface area contributed by atoms with E-state index in [1.54, 1.807) is 0 Å². The van der Waals surface area contributed by atoms with Gasteiger partial charge in [0.2, 0.25) is 0 Å². The van der Waals surface area contributed by atoms with Crippen LogP contribution in [-0.4, -0.2) is 15.8 Å². The lowest BCUT2D eigenvalue weighted by Crippen LogP contribution is -2.05. The Labute approximate surface area is 128 Å². The molecule has 4 nitrogen and oxygen atoms in total. The van der Waals surface area contributed by atoms with Gasteiger partial charge in [0.1, 0.15) is 17.4 Å². The van der Waals surface area contributed by atoms with Crippen molar-refractivity contribution in [2.45, 2.75) is 20.4 Å². The minimum absolute atomic E-state index is 0.391. The average Bonchev–Trinajstić information content (AvgIpc) is 2.81. The Bertz CT molecular complexity index is 902. The minimum Gasteiger partial charge on any atom is -0.317 e. The van der Waals surface area contributed by atoms with Crippen molar-refractivity contribution in [3.8, 4) is 6.07 Å². The highest BCUT2D eigenvalue weighted by molar-refractivity contribution is 5.95. The maximum Gasteiger partial charge on any atom is 0.167 e. The zero-order valence-electron chi connectivity index (χ0n) is 12.5. The van der Waals surface area contributed by atoms with E-state index in [1.807, 2.05) is 54.8 Å². The van der Waals surface area contributed by atoms with Crippen LogP contribution in [0, 0.1) is 25.2 Å². The van der Waals surface area contributed by atoms with Crippen molar-refractivity contribution in [1.82, 2.24) is 9.55 Å². The zero-order valence-corrected chi connectivity index (χ0v) is 12.5. The van der Waals surface area contributed by atoms with Crippen LogP contribution in [0.1, 0.15) is 32.9 Å². The van der Waals surface area contributed by atoms with Crippen LogP contribution in [0.25, 0.3) is 11.0 Å². The fraction of sp³-hybridized carbons (Fsp3) is 0.167. The van der Waals surface area contributed by atoms with Crippen molar-refractivity contribution in [1.29, 1.82) is 5.26 Å². The van der Waals surface area contributed by atoms with E-state index < -0.39 is 0 Å². The molecule has 0 spiro atoms. The molecule has 0 saturated carbocycles. The van der Waals surface area contributed by atoms with Gasteiger partial charge in [-0.2, -0.15) is 5.26 Å². The molecule has 108 valence electrons. The molecule has 4 heteroatoms. The number of hydrogen-bond donors (Lipinski definition) is 0. The minimum atomic E-state index is 0.391. The average molecular weight is 289 g/mol. The van der Waals surface area contributed by atoms with E-state index in [4.69, 9.17) is 0 Å². The molecule has 0 bridgehead atoms. The molecule has 22 heavy (non-hydrogen) atoms. The largest absolute Gasteiger partial charge is 0.317 e. The number of nitrogens with zero attached hydrogens (tertiary/aromatic N) is 3. The Balaban J connectivity index is 2.33. The number of benzene rings is 1. The molecule has 0 aliphatic rings. The Hall–Kier alpha value is -2.93.